The summed E-state index contributed by atoms with van der Waals surface area (Å²) in [6.07, 6.45) is 4.87. The SMILES string of the molecule is CCOC(=O)C(NCC1(O)CCCCC1)c1ccccc1.Cl. The van der Waals surface area contributed by atoms with Gasteiger partial charge in [0.25, 0.3) is 0 Å². The molecule has 1 fully saturated rings. The van der Waals surface area contributed by atoms with Crippen LogP contribution < -0.4 is 5.32 Å². The first-order valence-electron chi connectivity index (χ1n) is 7.82. The molecule has 4 nitrogen and oxygen atoms in total. The van der Waals surface area contributed by atoms with Gasteiger partial charge in [-0.1, -0.05) is 49.6 Å². The lowest BCUT2D eigenvalue weighted by atomic mass is 9.84. The highest BCUT2D eigenvalue weighted by atomic mass is 35.5. The van der Waals surface area contributed by atoms with Crippen LogP contribution in [0, 0.1) is 0 Å². The van der Waals surface area contributed by atoms with Crippen molar-refractivity contribution >= 4 is 18.4 Å². The van der Waals surface area contributed by atoms with E-state index in [1.807, 2.05) is 30.3 Å². The Bertz CT molecular complexity index is 446. The van der Waals surface area contributed by atoms with Gasteiger partial charge in [-0.15, -0.1) is 12.4 Å². The third-order valence-electron chi connectivity index (χ3n) is 4.07. The summed E-state index contributed by atoms with van der Waals surface area (Å²) in [7, 11) is 0. The molecule has 0 radical (unpaired) electrons. The van der Waals surface area contributed by atoms with Crippen LogP contribution in [0.2, 0.25) is 0 Å². The van der Waals surface area contributed by atoms with Crippen LogP contribution in [0.4, 0.5) is 0 Å². The van der Waals surface area contributed by atoms with Crippen molar-refractivity contribution in [3.05, 3.63) is 35.9 Å². The smallest absolute Gasteiger partial charge is 0.327 e. The molecule has 1 aromatic rings. The quantitative estimate of drug-likeness (QED) is 0.789. The van der Waals surface area contributed by atoms with Crippen LogP contribution in [0.1, 0.15) is 50.6 Å². The van der Waals surface area contributed by atoms with E-state index in [2.05, 4.69) is 5.32 Å². The third-order valence-corrected chi connectivity index (χ3v) is 4.07. The van der Waals surface area contributed by atoms with Crippen molar-refractivity contribution in [2.24, 2.45) is 0 Å². The van der Waals surface area contributed by atoms with Crippen molar-refractivity contribution in [1.29, 1.82) is 0 Å². The van der Waals surface area contributed by atoms with Gasteiger partial charge in [0.1, 0.15) is 6.04 Å². The molecule has 1 atom stereocenters. The highest BCUT2D eigenvalue weighted by Gasteiger charge is 2.31. The number of nitrogens with one attached hydrogen (secondary N) is 1. The summed E-state index contributed by atoms with van der Waals surface area (Å²) in [4.78, 5) is 12.2. The molecule has 0 aliphatic heterocycles. The summed E-state index contributed by atoms with van der Waals surface area (Å²) in [5, 5.41) is 13.8. The zero-order valence-electron chi connectivity index (χ0n) is 13.1. The molecule has 22 heavy (non-hydrogen) atoms. The predicted molar refractivity (Wildman–Crippen MR) is 89.1 cm³/mol. The first kappa shape index (κ1) is 18.9. The molecule has 0 aromatic heterocycles. The molecule has 0 spiro atoms. The lowest BCUT2D eigenvalue weighted by Crippen LogP contribution is -2.45. The molecular weight excluding hydrogens is 302 g/mol. The monoisotopic (exact) mass is 327 g/mol. The van der Waals surface area contributed by atoms with Gasteiger partial charge in [-0.2, -0.15) is 0 Å². The molecule has 5 heteroatoms. The van der Waals surface area contributed by atoms with E-state index in [0.717, 1.165) is 31.2 Å². The Morgan fingerprint density at radius 2 is 1.91 bits per heavy atom. The number of esters is 1. The van der Waals surface area contributed by atoms with E-state index in [4.69, 9.17) is 4.74 Å². The van der Waals surface area contributed by atoms with Gasteiger partial charge in [0.2, 0.25) is 0 Å². The fourth-order valence-corrected chi connectivity index (χ4v) is 2.89. The number of carbonyl (C=O) groups excluding carboxylic acids is 1. The molecular formula is C17H26ClNO3. The Labute approximate surface area is 138 Å². The van der Waals surface area contributed by atoms with Crippen LogP contribution in [-0.2, 0) is 9.53 Å². The van der Waals surface area contributed by atoms with Gasteiger partial charge in [-0.3, -0.25) is 5.32 Å². The van der Waals surface area contributed by atoms with Gasteiger partial charge in [-0.25, -0.2) is 4.79 Å². The first-order valence-corrected chi connectivity index (χ1v) is 7.82. The molecule has 1 unspecified atom stereocenters. The normalized spacial score (nSPS) is 18.1. The fraction of sp³-hybridized carbons (Fsp3) is 0.588. The van der Waals surface area contributed by atoms with E-state index >= 15 is 0 Å². The van der Waals surface area contributed by atoms with E-state index in [-0.39, 0.29) is 18.4 Å². The van der Waals surface area contributed by atoms with E-state index in [9.17, 15) is 9.90 Å². The average Bonchev–Trinajstić information content (AvgIpc) is 2.49. The van der Waals surface area contributed by atoms with Crippen LogP contribution in [0.25, 0.3) is 0 Å². The van der Waals surface area contributed by atoms with Gasteiger partial charge in [0.05, 0.1) is 12.2 Å². The summed E-state index contributed by atoms with van der Waals surface area (Å²) in [5.74, 6) is -0.289. The number of halogens is 1. The second-order valence-electron chi connectivity index (χ2n) is 5.76. The minimum absolute atomic E-state index is 0. The van der Waals surface area contributed by atoms with Crippen LogP contribution in [0.3, 0.4) is 0 Å². The van der Waals surface area contributed by atoms with Crippen molar-refractivity contribution in [1.82, 2.24) is 5.32 Å². The van der Waals surface area contributed by atoms with Crippen LogP contribution in [0.5, 0.6) is 0 Å². The molecule has 124 valence electrons. The highest BCUT2D eigenvalue weighted by molar-refractivity contribution is 5.85. The lowest BCUT2D eigenvalue weighted by Gasteiger charge is -2.33. The van der Waals surface area contributed by atoms with E-state index in [1.54, 1.807) is 6.92 Å². The third kappa shape index (κ3) is 5.27. The number of ether oxygens (including phenoxy) is 1. The maximum atomic E-state index is 12.2. The summed E-state index contributed by atoms with van der Waals surface area (Å²) in [5.41, 5.74) is 0.174. The standard InChI is InChI=1S/C17H25NO3.ClH/c1-2-21-16(19)15(14-9-5-3-6-10-14)18-13-17(20)11-7-4-8-12-17;/h3,5-6,9-10,15,18,20H,2,4,7-8,11-13H2,1H3;1H. The van der Waals surface area contributed by atoms with Gasteiger partial charge in [0, 0.05) is 6.54 Å². The van der Waals surface area contributed by atoms with Gasteiger partial charge < -0.3 is 9.84 Å². The zero-order valence-corrected chi connectivity index (χ0v) is 13.9. The van der Waals surface area contributed by atoms with Crippen molar-refractivity contribution in [2.75, 3.05) is 13.2 Å². The van der Waals surface area contributed by atoms with E-state index in [0.29, 0.717) is 13.2 Å². The summed E-state index contributed by atoms with van der Waals surface area (Å²) < 4.78 is 5.15. The molecule has 1 aromatic carbocycles. The molecule has 2 rings (SSSR count). The number of carbonyl (C=O) groups is 1. The molecule has 1 aliphatic carbocycles. The second-order valence-corrected chi connectivity index (χ2v) is 5.76. The largest absolute Gasteiger partial charge is 0.465 e. The molecule has 0 heterocycles. The molecule has 0 saturated heterocycles. The minimum Gasteiger partial charge on any atom is -0.465 e. The topological polar surface area (TPSA) is 58.6 Å². The van der Waals surface area contributed by atoms with Crippen LogP contribution in [-0.4, -0.2) is 29.8 Å². The zero-order chi connectivity index (χ0) is 15.1. The van der Waals surface area contributed by atoms with E-state index in [1.165, 1.54) is 6.42 Å². The first-order chi connectivity index (χ1) is 10.1. The maximum absolute atomic E-state index is 12.2. The number of benzene rings is 1. The minimum atomic E-state index is -0.697. The Kier molecular flexibility index (Phi) is 7.87. The van der Waals surface area contributed by atoms with Crippen molar-refractivity contribution < 1.29 is 14.6 Å². The Morgan fingerprint density at radius 1 is 1.27 bits per heavy atom. The van der Waals surface area contributed by atoms with Crippen molar-refractivity contribution in [3.8, 4) is 0 Å². The fourth-order valence-electron chi connectivity index (χ4n) is 2.89. The van der Waals surface area contributed by atoms with Crippen LogP contribution >= 0.6 is 12.4 Å². The maximum Gasteiger partial charge on any atom is 0.327 e. The van der Waals surface area contributed by atoms with Gasteiger partial charge >= 0.3 is 5.97 Å². The molecule has 1 aliphatic rings. The van der Waals surface area contributed by atoms with Gasteiger partial charge in [-0.05, 0) is 25.3 Å². The second kappa shape index (κ2) is 9.13. The highest BCUT2D eigenvalue weighted by Crippen LogP contribution is 2.28. The Morgan fingerprint density at radius 3 is 2.50 bits per heavy atom. The molecule has 0 bridgehead atoms. The summed E-state index contributed by atoms with van der Waals surface area (Å²) in [6, 6.07) is 9.01. The summed E-state index contributed by atoms with van der Waals surface area (Å²) >= 11 is 0. The van der Waals surface area contributed by atoms with Crippen LogP contribution in [0.15, 0.2) is 30.3 Å². The summed E-state index contributed by atoms with van der Waals surface area (Å²) in [6.45, 7) is 2.58. The number of aliphatic hydroxyl groups is 1. The Balaban J connectivity index is 0.00000242. The molecule has 0 amide bonds. The van der Waals surface area contributed by atoms with Gasteiger partial charge in [0.15, 0.2) is 0 Å². The molecule has 2 N–H and O–H groups in total. The van der Waals surface area contributed by atoms with E-state index < -0.39 is 11.6 Å². The molecule has 1 saturated carbocycles. The average molecular weight is 328 g/mol. The van der Waals surface area contributed by atoms with Crippen molar-refractivity contribution in [3.63, 3.8) is 0 Å². The number of hydrogen-bond acceptors (Lipinski definition) is 4. The lowest BCUT2D eigenvalue weighted by molar-refractivity contribution is -0.146. The number of rotatable bonds is 6. The Hall–Kier alpha value is -1.10. The van der Waals surface area contributed by atoms with Crippen molar-refractivity contribution in [2.45, 2.75) is 50.7 Å². The predicted octanol–water partition coefficient (Wildman–Crippen LogP) is 3.00. The number of hydrogen-bond donors (Lipinski definition) is 2.